The Bertz CT molecular complexity index is 929. The van der Waals surface area contributed by atoms with Crippen molar-refractivity contribution in [2.45, 2.75) is 13.0 Å². The van der Waals surface area contributed by atoms with E-state index in [1.807, 2.05) is 0 Å². The lowest BCUT2D eigenvalue weighted by molar-refractivity contribution is 0.0930. The first-order valence-electron chi connectivity index (χ1n) is 7.33. The molecule has 25 heavy (non-hydrogen) atoms. The predicted molar refractivity (Wildman–Crippen MR) is 88.7 cm³/mol. The molecule has 2 aromatic carbocycles. The minimum atomic E-state index is -0.624. The molecule has 0 aliphatic rings. The molecule has 0 unspecified atom stereocenters. The molecule has 1 amide bonds. The van der Waals surface area contributed by atoms with Crippen LogP contribution in [0.1, 0.15) is 29.2 Å². The van der Waals surface area contributed by atoms with Crippen molar-refractivity contribution in [1.82, 2.24) is 15.5 Å². The highest BCUT2D eigenvalue weighted by Crippen LogP contribution is 2.23. The van der Waals surface area contributed by atoms with Gasteiger partial charge in [0, 0.05) is 10.6 Å². The molecule has 0 fully saturated rings. The summed E-state index contributed by atoms with van der Waals surface area (Å²) in [7, 11) is 0. The summed E-state index contributed by atoms with van der Waals surface area (Å²) in [6.07, 6.45) is 0. The van der Waals surface area contributed by atoms with E-state index in [4.69, 9.17) is 16.1 Å². The third-order valence-corrected chi connectivity index (χ3v) is 3.68. The van der Waals surface area contributed by atoms with Crippen molar-refractivity contribution in [2.75, 3.05) is 0 Å². The van der Waals surface area contributed by atoms with Crippen molar-refractivity contribution >= 4 is 17.5 Å². The number of hydrogen-bond acceptors (Lipinski definition) is 5. The zero-order chi connectivity index (χ0) is 18.0. The minimum absolute atomic E-state index is 0.0317. The van der Waals surface area contributed by atoms with Gasteiger partial charge < -0.3 is 14.9 Å². The van der Waals surface area contributed by atoms with Crippen molar-refractivity contribution in [2.24, 2.45) is 0 Å². The Morgan fingerprint density at radius 2 is 2.12 bits per heavy atom. The highest BCUT2D eigenvalue weighted by atomic mass is 35.5. The van der Waals surface area contributed by atoms with E-state index in [2.05, 4.69) is 15.5 Å². The van der Waals surface area contributed by atoms with Crippen LogP contribution in [0.5, 0.6) is 5.75 Å². The fraction of sp³-hybridized carbons (Fsp3) is 0.118. The first kappa shape index (κ1) is 16.9. The number of carbonyl (C=O) groups is 1. The third kappa shape index (κ3) is 3.77. The van der Waals surface area contributed by atoms with Gasteiger partial charge in [-0.25, -0.2) is 4.39 Å². The van der Waals surface area contributed by atoms with E-state index in [9.17, 15) is 14.3 Å². The van der Waals surface area contributed by atoms with Gasteiger partial charge in [0.15, 0.2) is 0 Å². The summed E-state index contributed by atoms with van der Waals surface area (Å²) in [4.78, 5) is 16.4. The van der Waals surface area contributed by atoms with Gasteiger partial charge in [-0.15, -0.1) is 0 Å². The van der Waals surface area contributed by atoms with Crippen LogP contribution >= 0.6 is 11.6 Å². The molecule has 0 radical (unpaired) electrons. The van der Waals surface area contributed by atoms with Crippen molar-refractivity contribution in [3.8, 4) is 17.1 Å². The normalized spacial score (nSPS) is 12.0. The lowest BCUT2D eigenvalue weighted by Crippen LogP contribution is -2.26. The number of halogens is 2. The molecular formula is C17H13ClFN3O3. The van der Waals surface area contributed by atoms with Crippen LogP contribution in [-0.4, -0.2) is 21.2 Å². The Morgan fingerprint density at radius 1 is 1.32 bits per heavy atom. The number of amides is 1. The molecule has 0 saturated carbocycles. The van der Waals surface area contributed by atoms with E-state index in [0.717, 1.165) is 0 Å². The topological polar surface area (TPSA) is 88.2 Å². The highest BCUT2D eigenvalue weighted by Gasteiger charge is 2.20. The van der Waals surface area contributed by atoms with Gasteiger partial charge in [-0.1, -0.05) is 28.9 Å². The molecule has 0 bridgehead atoms. The smallest absolute Gasteiger partial charge is 0.255 e. The molecule has 1 atom stereocenters. The third-order valence-electron chi connectivity index (χ3n) is 3.45. The number of rotatable bonds is 4. The number of benzene rings is 2. The average Bonchev–Trinajstić information content (AvgIpc) is 3.07. The molecule has 3 rings (SSSR count). The maximum Gasteiger partial charge on any atom is 0.255 e. The first-order chi connectivity index (χ1) is 11.9. The van der Waals surface area contributed by atoms with Crippen molar-refractivity contribution in [3.05, 3.63) is 64.8 Å². The number of nitrogens with one attached hydrogen (secondary N) is 1. The monoisotopic (exact) mass is 361 g/mol. The maximum atomic E-state index is 13.3. The van der Waals surface area contributed by atoms with Crippen LogP contribution in [0.3, 0.4) is 0 Å². The van der Waals surface area contributed by atoms with E-state index < -0.39 is 17.8 Å². The summed E-state index contributed by atoms with van der Waals surface area (Å²) >= 11 is 5.84. The summed E-state index contributed by atoms with van der Waals surface area (Å²) in [6, 6.07) is 9.30. The van der Waals surface area contributed by atoms with Crippen LogP contribution in [0, 0.1) is 5.82 Å². The first-order valence-corrected chi connectivity index (χ1v) is 7.71. The second-order valence-electron chi connectivity index (χ2n) is 5.32. The van der Waals surface area contributed by atoms with Gasteiger partial charge in [-0.2, -0.15) is 4.98 Å². The molecular weight excluding hydrogens is 349 g/mol. The molecule has 0 aliphatic carbocycles. The van der Waals surface area contributed by atoms with Crippen LogP contribution in [0.2, 0.25) is 5.02 Å². The Labute approximate surface area is 147 Å². The predicted octanol–water partition coefficient (Wildman–Crippen LogP) is 3.73. The van der Waals surface area contributed by atoms with E-state index in [1.165, 1.54) is 36.4 Å². The zero-order valence-corrected chi connectivity index (χ0v) is 13.8. The van der Waals surface area contributed by atoms with Crippen LogP contribution < -0.4 is 5.32 Å². The number of phenolic OH excluding ortho intramolecular Hbond substituents is 1. The molecule has 3 aromatic rings. The number of nitrogens with zero attached hydrogens (tertiary/aromatic N) is 2. The molecule has 128 valence electrons. The van der Waals surface area contributed by atoms with Gasteiger partial charge in [0.1, 0.15) is 17.6 Å². The van der Waals surface area contributed by atoms with Crippen LogP contribution in [-0.2, 0) is 0 Å². The molecule has 0 aliphatic heterocycles. The zero-order valence-electron chi connectivity index (χ0n) is 13.0. The second kappa shape index (κ2) is 6.90. The number of carbonyl (C=O) groups excluding carboxylic acids is 1. The maximum absolute atomic E-state index is 13.3. The van der Waals surface area contributed by atoms with Gasteiger partial charge in [-0.05, 0) is 37.3 Å². The van der Waals surface area contributed by atoms with Crippen molar-refractivity contribution in [1.29, 1.82) is 0 Å². The van der Waals surface area contributed by atoms with Gasteiger partial charge >= 0.3 is 0 Å². The van der Waals surface area contributed by atoms with E-state index >= 15 is 0 Å². The molecule has 6 nitrogen and oxygen atoms in total. The largest absolute Gasteiger partial charge is 0.507 e. The van der Waals surface area contributed by atoms with E-state index in [1.54, 1.807) is 13.0 Å². The van der Waals surface area contributed by atoms with E-state index in [0.29, 0.717) is 10.6 Å². The standard InChI is InChI=1S/C17H13ClFN3O3/c1-9(20-16(24)13-8-11(18)5-6-14(13)23)17-21-15(22-25-17)10-3-2-4-12(19)7-10/h2-9,23H,1H3,(H,20,24)/t9-/m1/s1. The average molecular weight is 362 g/mol. The summed E-state index contributed by atoms with van der Waals surface area (Å²) in [5, 5.41) is 16.5. The lowest BCUT2D eigenvalue weighted by atomic mass is 10.1. The van der Waals surface area contributed by atoms with Crippen LogP contribution in [0.15, 0.2) is 47.0 Å². The van der Waals surface area contributed by atoms with Crippen LogP contribution in [0.4, 0.5) is 4.39 Å². The van der Waals surface area contributed by atoms with E-state index in [-0.39, 0.29) is 23.0 Å². The number of hydrogen-bond donors (Lipinski definition) is 2. The van der Waals surface area contributed by atoms with Crippen molar-refractivity contribution < 1.29 is 18.8 Å². The minimum Gasteiger partial charge on any atom is -0.507 e. The Balaban J connectivity index is 1.77. The number of phenols is 1. The van der Waals surface area contributed by atoms with Crippen molar-refractivity contribution in [3.63, 3.8) is 0 Å². The second-order valence-corrected chi connectivity index (χ2v) is 5.76. The Hall–Kier alpha value is -2.93. The van der Waals surface area contributed by atoms with Gasteiger partial charge in [0.25, 0.3) is 5.91 Å². The molecule has 1 aromatic heterocycles. The summed E-state index contributed by atoms with van der Waals surface area (Å²) in [5.74, 6) is -0.796. The molecule has 1 heterocycles. The number of aromatic hydroxyl groups is 1. The summed E-state index contributed by atoms with van der Waals surface area (Å²) in [5.41, 5.74) is 0.491. The number of aromatic nitrogens is 2. The summed E-state index contributed by atoms with van der Waals surface area (Å²) in [6.45, 7) is 1.64. The molecule has 8 heteroatoms. The fourth-order valence-corrected chi connectivity index (χ4v) is 2.35. The van der Waals surface area contributed by atoms with Gasteiger partial charge in [0.05, 0.1) is 5.56 Å². The van der Waals surface area contributed by atoms with Gasteiger partial charge in [-0.3, -0.25) is 4.79 Å². The molecule has 0 spiro atoms. The highest BCUT2D eigenvalue weighted by molar-refractivity contribution is 6.31. The van der Waals surface area contributed by atoms with Crippen LogP contribution in [0.25, 0.3) is 11.4 Å². The summed E-state index contributed by atoms with van der Waals surface area (Å²) < 4.78 is 18.4. The molecule has 2 N–H and O–H groups in total. The lowest BCUT2D eigenvalue weighted by Gasteiger charge is -2.10. The SMILES string of the molecule is C[C@@H](NC(=O)c1cc(Cl)ccc1O)c1nc(-c2cccc(F)c2)no1. The quantitative estimate of drug-likeness (QED) is 0.739. The fourth-order valence-electron chi connectivity index (χ4n) is 2.18. The Kier molecular flexibility index (Phi) is 4.67. The van der Waals surface area contributed by atoms with Gasteiger partial charge in [0.2, 0.25) is 11.7 Å². The Morgan fingerprint density at radius 3 is 2.88 bits per heavy atom. The molecule has 0 saturated heterocycles.